The number of amides is 1. The highest BCUT2D eigenvalue weighted by molar-refractivity contribution is 7.14. The molecule has 0 bridgehead atoms. The van der Waals surface area contributed by atoms with E-state index in [-0.39, 0.29) is 0 Å². The van der Waals surface area contributed by atoms with Gasteiger partial charge in [-0.25, -0.2) is 4.79 Å². The minimum atomic E-state index is -1.09. The second-order valence-corrected chi connectivity index (χ2v) is 6.99. The maximum Gasteiger partial charge on any atom is 0.411 e. The van der Waals surface area contributed by atoms with E-state index in [2.05, 4.69) is 0 Å². The van der Waals surface area contributed by atoms with Crippen LogP contribution in [0.3, 0.4) is 0 Å². The molecule has 19 heavy (non-hydrogen) atoms. The standard InChI is InChI=1S/C13H18ClNO3S/c1-12(2,3)18-11(17)15(5)13(4,8-16)9-6-10(14)19-7-9/h6-8H,1-5H3. The van der Waals surface area contributed by atoms with E-state index < -0.39 is 17.2 Å². The number of aldehydes is 1. The predicted octanol–water partition coefficient (Wildman–Crippen LogP) is 3.68. The lowest BCUT2D eigenvalue weighted by molar-refractivity contribution is -0.117. The van der Waals surface area contributed by atoms with Gasteiger partial charge in [0, 0.05) is 7.05 Å². The van der Waals surface area contributed by atoms with E-state index in [1.807, 2.05) is 0 Å². The summed E-state index contributed by atoms with van der Waals surface area (Å²) in [6, 6.07) is 1.68. The molecule has 106 valence electrons. The molecule has 0 aliphatic carbocycles. The molecule has 0 fully saturated rings. The molecule has 0 N–H and O–H groups in total. The number of hydrogen-bond donors (Lipinski definition) is 0. The van der Waals surface area contributed by atoms with Crippen molar-refractivity contribution in [3.63, 3.8) is 0 Å². The largest absolute Gasteiger partial charge is 0.444 e. The van der Waals surface area contributed by atoms with Crippen molar-refractivity contribution in [3.8, 4) is 0 Å². The molecule has 0 radical (unpaired) electrons. The Morgan fingerprint density at radius 1 is 1.42 bits per heavy atom. The molecular weight excluding hydrogens is 286 g/mol. The highest BCUT2D eigenvalue weighted by Crippen LogP contribution is 2.32. The molecule has 1 unspecified atom stereocenters. The van der Waals surface area contributed by atoms with Crippen LogP contribution in [-0.4, -0.2) is 29.9 Å². The second kappa shape index (κ2) is 5.51. The van der Waals surface area contributed by atoms with Crippen LogP contribution < -0.4 is 0 Å². The molecule has 0 aliphatic rings. The van der Waals surface area contributed by atoms with Crippen LogP contribution >= 0.6 is 22.9 Å². The number of thiophene rings is 1. The molecule has 1 aromatic rings. The molecule has 6 heteroatoms. The molecule has 1 heterocycles. The number of hydrogen-bond acceptors (Lipinski definition) is 4. The summed E-state index contributed by atoms with van der Waals surface area (Å²) in [4.78, 5) is 24.8. The number of carbonyl (C=O) groups excluding carboxylic acids is 2. The lowest BCUT2D eigenvalue weighted by Crippen LogP contribution is -2.48. The topological polar surface area (TPSA) is 46.6 Å². The molecular formula is C13H18ClNO3S. The van der Waals surface area contributed by atoms with E-state index in [0.29, 0.717) is 9.90 Å². The summed E-state index contributed by atoms with van der Waals surface area (Å²) >= 11 is 7.20. The molecule has 1 aromatic heterocycles. The van der Waals surface area contributed by atoms with Crippen LogP contribution in [0, 0.1) is 0 Å². The van der Waals surface area contributed by atoms with E-state index in [0.717, 1.165) is 6.29 Å². The number of likely N-dealkylation sites (N-methyl/N-ethyl adjacent to an activating group) is 1. The van der Waals surface area contributed by atoms with Crippen LogP contribution in [0.4, 0.5) is 4.79 Å². The summed E-state index contributed by atoms with van der Waals surface area (Å²) < 4.78 is 5.84. The van der Waals surface area contributed by atoms with Gasteiger partial charge in [0.1, 0.15) is 17.4 Å². The fourth-order valence-electron chi connectivity index (χ4n) is 1.44. The van der Waals surface area contributed by atoms with Gasteiger partial charge in [0.2, 0.25) is 0 Å². The third-order valence-electron chi connectivity index (χ3n) is 2.75. The van der Waals surface area contributed by atoms with Gasteiger partial charge in [0.05, 0.1) is 4.34 Å². The quantitative estimate of drug-likeness (QED) is 0.800. The maximum absolute atomic E-state index is 12.1. The van der Waals surface area contributed by atoms with E-state index in [9.17, 15) is 9.59 Å². The Bertz CT molecular complexity index is 480. The van der Waals surface area contributed by atoms with Gasteiger partial charge < -0.3 is 9.53 Å². The first-order chi connectivity index (χ1) is 8.60. The highest BCUT2D eigenvalue weighted by atomic mass is 35.5. The van der Waals surface area contributed by atoms with Gasteiger partial charge in [0.15, 0.2) is 0 Å². The van der Waals surface area contributed by atoms with Crippen molar-refractivity contribution in [2.24, 2.45) is 0 Å². The van der Waals surface area contributed by atoms with Crippen LogP contribution in [0.1, 0.15) is 33.3 Å². The fraction of sp³-hybridized carbons (Fsp3) is 0.538. The fourth-order valence-corrected chi connectivity index (χ4v) is 2.43. The number of carbonyl (C=O) groups is 2. The van der Waals surface area contributed by atoms with Crippen LogP contribution in [-0.2, 0) is 15.1 Å². The summed E-state index contributed by atoms with van der Waals surface area (Å²) in [6.07, 6.45) is 0.166. The Balaban J connectivity index is 3.02. The van der Waals surface area contributed by atoms with Crippen LogP contribution in [0.15, 0.2) is 11.4 Å². The summed E-state index contributed by atoms with van der Waals surface area (Å²) in [7, 11) is 1.54. The first kappa shape index (κ1) is 16.0. The molecule has 4 nitrogen and oxygen atoms in total. The van der Waals surface area contributed by atoms with Crippen molar-refractivity contribution < 1.29 is 14.3 Å². The van der Waals surface area contributed by atoms with Gasteiger partial charge in [0.25, 0.3) is 0 Å². The molecule has 0 aliphatic heterocycles. The molecule has 1 atom stereocenters. The van der Waals surface area contributed by atoms with Crippen molar-refractivity contribution in [1.82, 2.24) is 4.90 Å². The molecule has 0 spiro atoms. The minimum Gasteiger partial charge on any atom is -0.444 e. The zero-order chi connectivity index (χ0) is 14.8. The van der Waals surface area contributed by atoms with E-state index in [4.69, 9.17) is 16.3 Å². The Labute approximate surface area is 122 Å². The zero-order valence-corrected chi connectivity index (χ0v) is 13.3. The molecule has 1 rings (SSSR count). The summed E-state index contributed by atoms with van der Waals surface area (Å²) in [5.41, 5.74) is -1.03. The monoisotopic (exact) mass is 303 g/mol. The summed E-state index contributed by atoms with van der Waals surface area (Å²) in [6.45, 7) is 6.98. The van der Waals surface area contributed by atoms with Crippen LogP contribution in [0.2, 0.25) is 4.34 Å². The Hall–Kier alpha value is -1.07. The number of rotatable bonds is 3. The van der Waals surface area contributed by atoms with E-state index in [1.54, 1.807) is 39.1 Å². The lowest BCUT2D eigenvalue weighted by Gasteiger charge is -2.35. The third-order valence-corrected chi connectivity index (χ3v) is 3.84. The Kier molecular flexibility index (Phi) is 4.63. The average Bonchev–Trinajstić information content (AvgIpc) is 2.72. The Morgan fingerprint density at radius 3 is 2.37 bits per heavy atom. The normalized spacial score (nSPS) is 14.6. The third kappa shape index (κ3) is 3.70. The Morgan fingerprint density at radius 2 is 2.00 bits per heavy atom. The van der Waals surface area contributed by atoms with Crippen molar-refractivity contribution in [1.29, 1.82) is 0 Å². The number of ether oxygens (including phenoxy) is 1. The van der Waals surface area contributed by atoms with Crippen molar-refractivity contribution in [3.05, 3.63) is 21.3 Å². The highest BCUT2D eigenvalue weighted by Gasteiger charge is 2.37. The van der Waals surface area contributed by atoms with Gasteiger partial charge in [-0.15, -0.1) is 11.3 Å². The van der Waals surface area contributed by atoms with Crippen LogP contribution in [0.25, 0.3) is 0 Å². The maximum atomic E-state index is 12.1. The smallest absolute Gasteiger partial charge is 0.411 e. The van der Waals surface area contributed by atoms with Crippen LogP contribution in [0.5, 0.6) is 0 Å². The molecule has 1 amide bonds. The van der Waals surface area contributed by atoms with Gasteiger partial charge >= 0.3 is 6.09 Å². The predicted molar refractivity (Wildman–Crippen MR) is 76.7 cm³/mol. The van der Waals surface area contributed by atoms with Crippen molar-refractivity contribution in [2.75, 3.05) is 7.05 Å². The average molecular weight is 304 g/mol. The van der Waals surface area contributed by atoms with E-state index >= 15 is 0 Å². The van der Waals surface area contributed by atoms with Crippen molar-refractivity contribution in [2.45, 2.75) is 38.8 Å². The zero-order valence-electron chi connectivity index (χ0n) is 11.7. The van der Waals surface area contributed by atoms with Gasteiger partial charge in [-0.05, 0) is 44.7 Å². The number of nitrogens with zero attached hydrogens (tertiary/aromatic N) is 1. The number of halogens is 1. The SMILES string of the molecule is CN(C(=O)OC(C)(C)C)C(C)(C=O)c1csc(Cl)c1. The van der Waals surface area contributed by atoms with Gasteiger partial charge in [-0.2, -0.15) is 0 Å². The first-order valence-electron chi connectivity index (χ1n) is 5.78. The lowest BCUT2D eigenvalue weighted by atomic mass is 9.95. The summed E-state index contributed by atoms with van der Waals surface area (Å²) in [5, 5.41) is 1.76. The molecule has 0 saturated carbocycles. The summed E-state index contributed by atoms with van der Waals surface area (Å²) in [5.74, 6) is 0. The second-order valence-electron chi connectivity index (χ2n) is 5.44. The van der Waals surface area contributed by atoms with E-state index in [1.165, 1.54) is 23.3 Å². The van der Waals surface area contributed by atoms with Crippen molar-refractivity contribution >= 4 is 35.3 Å². The van der Waals surface area contributed by atoms with Gasteiger partial charge in [-0.1, -0.05) is 11.6 Å². The molecule has 0 aromatic carbocycles. The van der Waals surface area contributed by atoms with Gasteiger partial charge in [-0.3, -0.25) is 4.90 Å². The molecule has 0 saturated heterocycles. The first-order valence-corrected chi connectivity index (χ1v) is 7.03. The minimum absolute atomic E-state index is 0.551.